The van der Waals surface area contributed by atoms with E-state index in [-0.39, 0.29) is 12.0 Å². The van der Waals surface area contributed by atoms with Crippen molar-refractivity contribution in [1.82, 2.24) is 0 Å². The molecule has 0 radical (unpaired) electrons. The van der Waals surface area contributed by atoms with Crippen LogP contribution in [0.3, 0.4) is 0 Å². The molecule has 1 unspecified atom stereocenters. The number of esters is 1. The summed E-state index contributed by atoms with van der Waals surface area (Å²) in [7, 11) is 1.44. The van der Waals surface area contributed by atoms with Crippen molar-refractivity contribution in [3.05, 3.63) is 29.8 Å². The second kappa shape index (κ2) is 5.21. The van der Waals surface area contributed by atoms with Gasteiger partial charge >= 0.3 is 5.97 Å². The summed E-state index contributed by atoms with van der Waals surface area (Å²) in [4.78, 5) is 13.6. The molecule has 2 rings (SSSR count). The van der Waals surface area contributed by atoms with Crippen LogP contribution in [0.1, 0.15) is 25.3 Å². The third-order valence-corrected chi connectivity index (χ3v) is 3.37. The van der Waals surface area contributed by atoms with Crippen LogP contribution in [0.5, 0.6) is 0 Å². The first kappa shape index (κ1) is 12.0. The fraction of sp³-hybridized carbons (Fsp3) is 0.500. The number of aryl methyl sites for hydroxylation is 1. The molecule has 1 atom stereocenters. The maximum atomic E-state index is 11.3. The number of hydrogen-bond donors (Lipinski definition) is 0. The fourth-order valence-electron chi connectivity index (χ4n) is 2.46. The number of nitrogens with zero attached hydrogens (tertiary/aromatic N) is 1. The minimum absolute atomic E-state index is 0.138. The fourth-order valence-corrected chi connectivity index (χ4v) is 2.46. The smallest absolute Gasteiger partial charge is 0.307 e. The molecule has 0 N–H and O–H groups in total. The van der Waals surface area contributed by atoms with Crippen molar-refractivity contribution in [2.24, 2.45) is 0 Å². The maximum absolute atomic E-state index is 11.3. The summed E-state index contributed by atoms with van der Waals surface area (Å²) in [6.07, 6.45) is 2.74. The average molecular weight is 233 g/mol. The predicted molar refractivity (Wildman–Crippen MR) is 68.2 cm³/mol. The number of rotatable bonds is 3. The van der Waals surface area contributed by atoms with Crippen LogP contribution in [0.2, 0.25) is 0 Å². The largest absolute Gasteiger partial charge is 0.469 e. The van der Waals surface area contributed by atoms with E-state index in [2.05, 4.69) is 36.1 Å². The molecule has 0 saturated carbocycles. The Morgan fingerprint density at radius 3 is 3.00 bits per heavy atom. The van der Waals surface area contributed by atoms with E-state index in [4.69, 9.17) is 4.74 Å². The zero-order chi connectivity index (χ0) is 12.3. The Balaban J connectivity index is 2.15. The molecule has 0 saturated heterocycles. The van der Waals surface area contributed by atoms with Gasteiger partial charge in [-0.05, 0) is 31.4 Å². The van der Waals surface area contributed by atoms with Crippen LogP contribution in [0.25, 0.3) is 0 Å². The van der Waals surface area contributed by atoms with Gasteiger partial charge in [-0.3, -0.25) is 4.79 Å². The highest BCUT2D eigenvalue weighted by Gasteiger charge is 2.22. The number of methoxy groups -OCH3 is 1. The molecule has 92 valence electrons. The Morgan fingerprint density at radius 2 is 2.24 bits per heavy atom. The van der Waals surface area contributed by atoms with Gasteiger partial charge in [0.1, 0.15) is 0 Å². The molecule has 0 aliphatic carbocycles. The summed E-state index contributed by atoms with van der Waals surface area (Å²) in [5.41, 5.74) is 2.66. The van der Waals surface area contributed by atoms with Crippen LogP contribution in [-0.4, -0.2) is 25.7 Å². The third-order valence-electron chi connectivity index (χ3n) is 3.37. The molecule has 1 aliphatic heterocycles. The Morgan fingerprint density at radius 1 is 1.47 bits per heavy atom. The van der Waals surface area contributed by atoms with Crippen molar-refractivity contribution in [3.8, 4) is 0 Å². The zero-order valence-corrected chi connectivity index (χ0v) is 10.5. The lowest BCUT2D eigenvalue weighted by atomic mass is 9.99. The first-order valence-electron chi connectivity index (χ1n) is 6.13. The van der Waals surface area contributed by atoms with Crippen molar-refractivity contribution in [2.75, 3.05) is 18.6 Å². The molecule has 3 nitrogen and oxygen atoms in total. The number of ether oxygens (including phenoxy) is 1. The molecule has 0 spiro atoms. The topological polar surface area (TPSA) is 29.5 Å². The second-order valence-electron chi connectivity index (χ2n) is 4.55. The highest BCUT2D eigenvalue weighted by molar-refractivity contribution is 5.71. The number of anilines is 1. The van der Waals surface area contributed by atoms with Gasteiger partial charge in [-0.2, -0.15) is 0 Å². The van der Waals surface area contributed by atoms with Gasteiger partial charge in [0.05, 0.1) is 13.5 Å². The molecular formula is C14H19NO2. The van der Waals surface area contributed by atoms with Gasteiger partial charge in [-0.15, -0.1) is 0 Å². The number of benzene rings is 1. The van der Waals surface area contributed by atoms with Crippen LogP contribution < -0.4 is 4.90 Å². The summed E-state index contributed by atoms with van der Waals surface area (Å²) in [5, 5.41) is 0. The predicted octanol–water partition coefficient (Wildman–Crippen LogP) is 2.39. The first-order valence-corrected chi connectivity index (χ1v) is 6.13. The maximum Gasteiger partial charge on any atom is 0.307 e. The zero-order valence-electron chi connectivity index (χ0n) is 10.5. The molecule has 0 bridgehead atoms. The molecule has 17 heavy (non-hydrogen) atoms. The van der Waals surface area contributed by atoms with E-state index < -0.39 is 0 Å². The summed E-state index contributed by atoms with van der Waals surface area (Å²) >= 11 is 0. The Hall–Kier alpha value is -1.51. The number of fused-ring (bicyclic) bond motifs is 1. The number of hydrogen-bond acceptors (Lipinski definition) is 3. The van der Waals surface area contributed by atoms with Gasteiger partial charge < -0.3 is 9.64 Å². The van der Waals surface area contributed by atoms with Crippen LogP contribution in [0.4, 0.5) is 5.69 Å². The summed E-state index contributed by atoms with van der Waals surface area (Å²) in [5.74, 6) is -0.138. The van der Waals surface area contributed by atoms with Crippen molar-refractivity contribution in [3.63, 3.8) is 0 Å². The molecule has 1 aromatic carbocycles. The van der Waals surface area contributed by atoms with Gasteiger partial charge in [-0.25, -0.2) is 0 Å². The van der Waals surface area contributed by atoms with Gasteiger partial charge in [-0.1, -0.05) is 18.2 Å². The number of carbonyl (C=O) groups excluding carboxylic acids is 1. The van der Waals surface area contributed by atoms with Crippen molar-refractivity contribution in [1.29, 1.82) is 0 Å². The van der Waals surface area contributed by atoms with Crippen LogP contribution >= 0.6 is 0 Å². The van der Waals surface area contributed by atoms with E-state index in [1.54, 1.807) is 0 Å². The van der Waals surface area contributed by atoms with Gasteiger partial charge in [0.2, 0.25) is 0 Å². The molecule has 1 aromatic rings. The van der Waals surface area contributed by atoms with E-state index >= 15 is 0 Å². The van der Waals surface area contributed by atoms with E-state index in [1.807, 2.05) is 0 Å². The summed E-state index contributed by atoms with van der Waals surface area (Å²) < 4.78 is 4.73. The molecule has 0 fully saturated rings. The lowest BCUT2D eigenvalue weighted by molar-refractivity contribution is -0.140. The summed E-state index contributed by atoms with van der Waals surface area (Å²) in [6, 6.07) is 8.65. The molecule has 1 heterocycles. The molecule has 3 heteroatoms. The molecule has 0 aromatic heterocycles. The van der Waals surface area contributed by atoms with Crippen LogP contribution in [0.15, 0.2) is 24.3 Å². The standard InChI is InChI=1S/C14H19NO2/c1-11(10-14(16)17-2)15-9-5-7-12-6-3-4-8-13(12)15/h3-4,6,8,11H,5,7,9-10H2,1-2H3. The summed E-state index contributed by atoms with van der Waals surface area (Å²) in [6.45, 7) is 3.11. The van der Waals surface area contributed by atoms with E-state index in [0.717, 1.165) is 19.4 Å². The molecular weight excluding hydrogens is 214 g/mol. The molecule has 1 aliphatic rings. The minimum atomic E-state index is -0.138. The van der Waals surface area contributed by atoms with Gasteiger partial charge in [0.25, 0.3) is 0 Å². The van der Waals surface area contributed by atoms with Crippen LogP contribution in [-0.2, 0) is 16.0 Å². The van der Waals surface area contributed by atoms with E-state index in [9.17, 15) is 4.79 Å². The highest BCUT2D eigenvalue weighted by atomic mass is 16.5. The quantitative estimate of drug-likeness (QED) is 0.751. The SMILES string of the molecule is COC(=O)CC(C)N1CCCc2ccccc21. The monoisotopic (exact) mass is 233 g/mol. The normalized spacial score (nSPS) is 16.2. The lowest BCUT2D eigenvalue weighted by Gasteiger charge is -2.35. The average Bonchev–Trinajstić information content (AvgIpc) is 2.37. The molecule has 0 amide bonds. The van der Waals surface area contributed by atoms with Crippen molar-refractivity contribution in [2.45, 2.75) is 32.2 Å². The Labute approximate surface area is 102 Å². The Kier molecular flexibility index (Phi) is 3.67. The van der Waals surface area contributed by atoms with E-state index in [1.165, 1.54) is 18.4 Å². The second-order valence-corrected chi connectivity index (χ2v) is 4.55. The third kappa shape index (κ3) is 2.60. The van der Waals surface area contributed by atoms with Gasteiger partial charge in [0.15, 0.2) is 0 Å². The minimum Gasteiger partial charge on any atom is -0.469 e. The lowest BCUT2D eigenvalue weighted by Crippen LogP contribution is -2.38. The first-order chi connectivity index (χ1) is 8.22. The highest BCUT2D eigenvalue weighted by Crippen LogP contribution is 2.29. The van der Waals surface area contributed by atoms with Crippen molar-refractivity contribution >= 4 is 11.7 Å². The Bertz CT molecular complexity index is 403. The van der Waals surface area contributed by atoms with Crippen molar-refractivity contribution < 1.29 is 9.53 Å². The van der Waals surface area contributed by atoms with E-state index in [0.29, 0.717) is 6.42 Å². The van der Waals surface area contributed by atoms with Crippen LogP contribution in [0, 0.1) is 0 Å². The van der Waals surface area contributed by atoms with Gasteiger partial charge in [0, 0.05) is 18.3 Å². The number of carbonyl (C=O) groups is 1. The number of para-hydroxylation sites is 1.